The summed E-state index contributed by atoms with van der Waals surface area (Å²) in [6.45, 7) is 0. The molecule has 0 aliphatic rings. The fourth-order valence-electron chi connectivity index (χ4n) is 1.89. The number of ether oxygens (including phenoxy) is 1. The van der Waals surface area contributed by atoms with Crippen molar-refractivity contribution in [3.05, 3.63) is 46.5 Å². The highest BCUT2D eigenvalue weighted by molar-refractivity contribution is 7.10. The highest BCUT2D eigenvalue weighted by Crippen LogP contribution is 2.29. The van der Waals surface area contributed by atoms with Crippen LogP contribution in [0.2, 0.25) is 0 Å². The molecular formula is C14H13NO3S. The van der Waals surface area contributed by atoms with Crippen LogP contribution in [0, 0.1) is 0 Å². The van der Waals surface area contributed by atoms with Crippen LogP contribution in [-0.4, -0.2) is 17.2 Å². The quantitative estimate of drug-likeness (QED) is 0.794. The number of aliphatic hydroxyl groups excluding tert-OH is 1. The van der Waals surface area contributed by atoms with Crippen molar-refractivity contribution in [1.29, 1.82) is 0 Å². The van der Waals surface area contributed by atoms with Crippen LogP contribution >= 0.6 is 11.3 Å². The van der Waals surface area contributed by atoms with Crippen LogP contribution in [0.25, 0.3) is 11.1 Å². The first kappa shape index (κ1) is 12.2. The van der Waals surface area contributed by atoms with Crippen molar-refractivity contribution in [3.8, 4) is 5.75 Å². The normalized spacial score (nSPS) is 12.7. The lowest BCUT2D eigenvalue weighted by Crippen LogP contribution is -1.99. The number of thiophene rings is 1. The highest BCUT2D eigenvalue weighted by atomic mass is 32.1. The van der Waals surface area contributed by atoms with Crippen LogP contribution < -0.4 is 4.74 Å². The number of oxazole rings is 1. The second kappa shape index (κ2) is 5.03. The number of para-hydroxylation sites is 2. The summed E-state index contributed by atoms with van der Waals surface area (Å²) in [7, 11) is 1.61. The fraction of sp³-hybridized carbons (Fsp3) is 0.214. The first-order chi connectivity index (χ1) is 9.26. The maximum absolute atomic E-state index is 10.2. The number of hydrogen-bond acceptors (Lipinski definition) is 5. The number of methoxy groups -OCH3 is 1. The molecule has 98 valence electrons. The van der Waals surface area contributed by atoms with E-state index in [2.05, 4.69) is 4.98 Å². The predicted molar refractivity (Wildman–Crippen MR) is 73.5 cm³/mol. The lowest BCUT2D eigenvalue weighted by molar-refractivity contribution is 0.173. The largest absolute Gasteiger partial charge is 0.496 e. The Balaban J connectivity index is 1.80. The predicted octanol–water partition coefficient (Wildman–Crippen LogP) is 3.17. The van der Waals surface area contributed by atoms with E-state index in [-0.39, 0.29) is 0 Å². The summed E-state index contributed by atoms with van der Waals surface area (Å²) in [5.74, 6) is 1.30. The Bertz CT molecular complexity index is 656. The third-order valence-electron chi connectivity index (χ3n) is 2.87. The lowest BCUT2D eigenvalue weighted by atomic mass is 10.2. The van der Waals surface area contributed by atoms with E-state index in [0.29, 0.717) is 12.3 Å². The monoisotopic (exact) mass is 275 g/mol. The van der Waals surface area contributed by atoms with E-state index in [1.807, 2.05) is 35.7 Å². The standard InChI is InChI=1S/C14H13NO3S/c1-17-9-6-13(19-8-9)11(16)7-14-15-10-4-2-3-5-12(10)18-14/h2-6,8,11,16H,7H2,1H3. The number of aromatic nitrogens is 1. The van der Waals surface area contributed by atoms with E-state index in [1.165, 1.54) is 11.3 Å². The van der Waals surface area contributed by atoms with Crippen LogP contribution in [0.5, 0.6) is 5.75 Å². The van der Waals surface area contributed by atoms with Gasteiger partial charge in [0.25, 0.3) is 0 Å². The van der Waals surface area contributed by atoms with Crippen LogP contribution in [0.3, 0.4) is 0 Å². The molecule has 0 fully saturated rings. The summed E-state index contributed by atoms with van der Waals surface area (Å²) in [6.07, 6.45) is -0.264. The van der Waals surface area contributed by atoms with Gasteiger partial charge in [-0.3, -0.25) is 0 Å². The summed E-state index contributed by atoms with van der Waals surface area (Å²) in [4.78, 5) is 5.20. The number of fused-ring (bicyclic) bond motifs is 1. The second-order valence-electron chi connectivity index (χ2n) is 4.18. The van der Waals surface area contributed by atoms with Crippen molar-refractivity contribution in [2.75, 3.05) is 7.11 Å². The van der Waals surface area contributed by atoms with Gasteiger partial charge in [-0.1, -0.05) is 12.1 Å². The number of aliphatic hydroxyl groups is 1. The lowest BCUT2D eigenvalue weighted by Gasteiger charge is -2.04. The van der Waals surface area contributed by atoms with Gasteiger partial charge < -0.3 is 14.3 Å². The Kier molecular flexibility index (Phi) is 3.23. The van der Waals surface area contributed by atoms with Crippen molar-refractivity contribution in [1.82, 2.24) is 4.98 Å². The summed E-state index contributed by atoms with van der Waals surface area (Å²) in [5.41, 5.74) is 1.56. The molecule has 0 aliphatic heterocycles. The van der Waals surface area contributed by atoms with Gasteiger partial charge in [0.1, 0.15) is 11.3 Å². The zero-order chi connectivity index (χ0) is 13.2. The third kappa shape index (κ3) is 2.47. The summed E-state index contributed by atoms with van der Waals surface area (Å²) in [6, 6.07) is 9.40. The van der Waals surface area contributed by atoms with Crippen LogP contribution in [0.4, 0.5) is 0 Å². The van der Waals surface area contributed by atoms with E-state index in [1.54, 1.807) is 7.11 Å². The van der Waals surface area contributed by atoms with Crippen molar-refractivity contribution >= 4 is 22.4 Å². The highest BCUT2D eigenvalue weighted by Gasteiger charge is 2.15. The number of nitrogens with zero attached hydrogens (tertiary/aromatic N) is 1. The summed E-state index contributed by atoms with van der Waals surface area (Å²) >= 11 is 1.46. The fourth-order valence-corrected chi connectivity index (χ4v) is 2.73. The van der Waals surface area contributed by atoms with Gasteiger partial charge in [-0.05, 0) is 18.2 Å². The molecule has 0 amide bonds. The van der Waals surface area contributed by atoms with Gasteiger partial charge in [0.15, 0.2) is 11.5 Å². The van der Waals surface area contributed by atoms with E-state index >= 15 is 0 Å². The number of benzene rings is 1. The Morgan fingerprint density at radius 2 is 2.26 bits per heavy atom. The summed E-state index contributed by atoms with van der Waals surface area (Å²) < 4.78 is 10.7. The molecule has 2 heterocycles. The van der Waals surface area contributed by atoms with Crippen molar-refractivity contribution in [2.24, 2.45) is 0 Å². The van der Waals surface area contributed by atoms with Gasteiger partial charge >= 0.3 is 0 Å². The molecule has 1 unspecified atom stereocenters. The van der Waals surface area contributed by atoms with Gasteiger partial charge in [-0.2, -0.15) is 0 Å². The van der Waals surface area contributed by atoms with Crippen LogP contribution in [0.15, 0.2) is 40.1 Å². The van der Waals surface area contributed by atoms with Gasteiger partial charge in [0.2, 0.25) is 0 Å². The molecule has 1 N–H and O–H groups in total. The molecule has 19 heavy (non-hydrogen) atoms. The maximum Gasteiger partial charge on any atom is 0.198 e. The molecule has 0 aliphatic carbocycles. The van der Waals surface area contributed by atoms with Gasteiger partial charge in [0.05, 0.1) is 19.6 Å². The zero-order valence-corrected chi connectivity index (χ0v) is 11.2. The van der Waals surface area contributed by atoms with Gasteiger partial charge in [0, 0.05) is 10.3 Å². The molecule has 0 radical (unpaired) electrons. The SMILES string of the molecule is COc1csc(C(O)Cc2nc3ccccc3o2)c1. The minimum absolute atomic E-state index is 0.359. The Hall–Kier alpha value is -1.85. The average molecular weight is 275 g/mol. The number of hydrogen-bond donors (Lipinski definition) is 1. The van der Waals surface area contributed by atoms with Crippen LogP contribution in [0.1, 0.15) is 16.9 Å². The Labute approximate surface area is 114 Å². The zero-order valence-electron chi connectivity index (χ0n) is 10.4. The van der Waals surface area contributed by atoms with Crippen LogP contribution in [-0.2, 0) is 6.42 Å². The first-order valence-electron chi connectivity index (χ1n) is 5.91. The molecule has 0 saturated carbocycles. The Morgan fingerprint density at radius 3 is 3.00 bits per heavy atom. The van der Waals surface area contributed by atoms with Crippen molar-refractivity contribution in [2.45, 2.75) is 12.5 Å². The molecular weight excluding hydrogens is 262 g/mol. The van der Waals surface area contributed by atoms with Gasteiger partial charge in [-0.15, -0.1) is 11.3 Å². The smallest absolute Gasteiger partial charge is 0.198 e. The minimum Gasteiger partial charge on any atom is -0.496 e. The topological polar surface area (TPSA) is 55.5 Å². The minimum atomic E-state index is -0.623. The van der Waals surface area contributed by atoms with E-state index in [4.69, 9.17) is 9.15 Å². The average Bonchev–Trinajstić information content (AvgIpc) is 3.04. The molecule has 1 aromatic carbocycles. The molecule has 3 rings (SSSR count). The van der Waals surface area contributed by atoms with E-state index < -0.39 is 6.10 Å². The van der Waals surface area contributed by atoms with E-state index in [9.17, 15) is 5.11 Å². The third-order valence-corrected chi connectivity index (χ3v) is 3.88. The maximum atomic E-state index is 10.2. The Morgan fingerprint density at radius 1 is 1.42 bits per heavy atom. The van der Waals surface area contributed by atoms with Crippen molar-refractivity contribution in [3.63, 3.8) is 0 Å². The second-order valence-corrected chi connectivity index (χ2v) is 5.13. The molecule has 1 atom stereocenters. The first-order valence-corrected chi connectivity index (χ1v) is 6.79. The van der Waals surface area contributed by atoms with E-state index in [0.717, 1.165) is 21.7 Å². The van der Waals surface area contributed by atoms with Gasteiger partial charge in [-0.25, -0.2) is 4.98 Å². The number of rotatable bonds is 4. The molecule has 0 saturated heterocycles. The molecule has 3 aromatic rings. The molecule has 4 nitrogen and oxygen atoms in total. The molecule has 2 aromatic heterocycles. The molecule has 5 heteroatoms. The summed E-state index contributed by atoms with van der Waals surface area (Å²) in [5, 5.41) is 12.0. The van der Waals surface area contributed by atoms with Crippen molar-refractivity contribution < 1.29 is 14.3 Å². The molecule has 0 spiro atoms. The molecule has 0 bridgehead atoms.